The molecule has 1 heterocycles. The van der Waals surface area contributed by atoms with Gasteiger partial charge in [-0.3, -0.25) is 4.79 Å². The molecular weight excluding hydrogens is 510 g/mol. The van der Waals surface area contributed by atoms with E-state index in [0.29, 0.717) is 19.8 Å². The molecule has 1 saturated heterocycles. The Bertz CT molecular complexity index is 1130. The third-order valence-electron chi connectivity index (χ3n) is 6.84. The Hall–Kier alpha value is -3.11. The van der Waals surface area contributed by atoms with Crippen LogP contribution in [0.1, 0.15) is 30.0 Å². The molecule has 0 saturated carbocycles. The van der Waals surface area contributed by atoms with Crippen LogP contribution in [0.3, 0.4) is 0 Å². The Morgan fingerprint density at radius 2 is 1.30 bits per heavy atom. The summed E-state index contributed by atoms with van der Waals surface area (Å²) in [5.41, 5.74) is 2.99. The van der Waals surface area contributed by atoms with Crippen molar-refractivity contribution in [3.63, 3.8) is 0 Å². The molecule has 1 amide bonds. The van der Waals surface area contributed by atoms with Gasteiger partial charge in [0, 0.05) is 13.3 Å². The maximum atomic E-state index is 12.3. The average molecular weight is 550 g/mol. The van der Waals surface area contributed by atoms with Crippen LogP contribution < -0.4 is 5.32 Å². The van der Waals surface area contributed by atoms with E-state index in [1.165, 1.54) is 6.92 Å². The second-order valence-corrected chi connectivity index (χ2v) is 10.0. The largest absolute Gasteiger partial charge is 0.394 e. The fourth-order valence-electron chi connectivity index (χ4n) is 4.90. The van der Waals surface area contributed by atoms with Crippen molar-refractivity contribution in [3.05, 3.63) is 108 Å². The predicted octanol–water partition coefficient (Wildman–Crippen LogP) is 3.39. The smallest absolute Gasteiger partial charge is 0.217 e. The quantitative estimate of drug-likeness (QED) is 0.283. The first-order chi connectivity index (χ1) is 19.5. The molecular formula is C32H39NO7. The van der Waals surface area contributed by atoms with Gasteiger partial charge in [-0.25, -0.2) is 0 Å². The monoisotopic (exact) mass is 549 g/mol. The summed E-state index contributed by atoms with van der Waals surface area (Å²) in [5, 5.41) is 22.9. The van der Waals surface area contributed by atoms with Crippen molar-refractivity contribution in [2.24, 2.45) is 0 Å². The van der Waals surface area contributed by atoms with Gasteiger partial charge in [-0.05, 0) is 16.7 Å². The zero-order chi connectivity index (χ0) is 28.2. The van der Waals surface area contributed by atoms with Gasteiger partial charge >= 0.3 is 0 Å². The van der Waals surface area contributed by atoms with E-state index >= 15 is 0 Å². The van der Waals surface area contributed by atoms with Crippen LogP contribution in [0.25, 0.3) is 0 Å². The molecule has 214 valence electrons. The molecule has 8 nitrogen and oxygen atoms in total. The van der Waals surface area contributed by atoms with Gasteiger partial charge in [-0.2, -0.15) is 0 Å². The van der Waals surface area contributed by atoms with Crippen molar-refractivity contribution in [1.29, 1.82) is 0 Å². The molecule has 6 atom stereocenters. The number of hydrogen-bond acceptors (Lipinski definition) is 7. The minimum atomic E-state index is -1.02. The van der Waals surface area contributed by atoms with Gasteiger partial charge in [-0.1, -0.05) is 91.0 Å². The number of rotatable bonds is 14. The molecule has 3 aromatic rings. The van der Waals surface area contributed by atoms with E-state index in [-0.39, 0.29) is 18.9 Å². The lowest BCUT2D eigenvalue weighted by Gasteiger charge is -2.47. The van der Waals surface area contributed by atoms with E-state index in [2.05, 4.69) is 5.32 Å². The highest BCUT2D eigenvalue weighted by Crippen LogP contribution is 2.30. The van der Waals surface area contributed by atoms with Crippen molar-refractivity contribution < 1.29 is 34.0 Å². The lowest BCUT2D eigenvalue weighted by Crippen LogP contribution is -2.65. The first-order valence-corrected chi connectivity index (χ1v) is 13.7. The fourth-order valence-corrected chi connectivity index (χ4v) is 4.90. The van der Waals surface area contributed by atoms with Gasteiger partial charge in [-0.15, -0.1) is 0 Å². The van der Waals surface area contributed by atoms with Crippen molar-refractivity contribution in [2.75, 3.05) is 13.2 Å². The van der Waals surface area contributed by atoms with Crippen molar-refractivity contribution in [1.82, 2.24) is 5.32 Å². The summed E-state index contributed by atoms with van der Waals surface area (Å²) >= 11 is 0. The number of amides is 1. The molecule has 1 aliphatic rings. The van der Waals surface area contributed by atoms with Crippen molar-refractivity contribution in [2.45, 2.75) is 69.7 Å². The Kier molecular flexibility index (Phi) is 11.7. The zero-order valence-electron chi connectivity index (χ0n) is 22.8. The molecule has 3 N–H and O–H groups in total. The number of benzene rings is 3. The van der Waals surface area contributed by atoms with Crippen LogP contribution in [-0.2, 0) is 43.6 Å². The Labute approximate surface area is 235 Å². The SMILES string of the molecule is CC(=O)N[C@@H]1[C@@H](OCc2ccccc2)[C@H](OCc2ccccc2)[C@@H](COCc2ccccc2)O[C@@H]1CC(O)CO. The number of aliphatic hydroxyl groups excluding tert-OH is 2. The molecule has 0 radical (unpaired) electrons. The summed E-state index contributed by atoms with van der Waals surface area (Å²) in [6.45, 7) is 2.21. The van der Waals surface area contributed by atoms with Gasteiger partial charge in [0.05, 0.1) is 51.3 Å². The molecule has 0 aliphatic carbocycles. The summed E-state index contributed by atoms with van der Waals surface area (Å²) in [6.07, 6.45) is -3.35. The van der Waals surface area contributed by atoms with Crippen LogP contribution in [0.5, 0.6) is 0 Å². The molecule has 1 aliphatic heterocycles. The third kappa shape index (κ3) is 8.96. The summed E-state index contributed by atoms with van der Waals surface area (Å²) in [7, 11) is 0. The van der Waals surface area contributed by atoms with Crippen LogP contribution in [-0.4, -0.2) is 65.9 Å². The van der Waals surface area contributed by atoms with Gasteiger partial charge < -0.3 is 34.5 Å². The highest BCUT2D eigenvalue weighted by atomic mass is 16.6. The van der Waals surface area contributed by atoms with E-state index in [4.69, 9.17) is 18.9 Å². The molecule has 3 aromatic carbocycles. The van der Waals surface area contributed by atoms with Crippen LogP contribution in [0.2, 0.25) is 0 Å². The first kappa shape index (κ1) is 29.9. The molecule has 0 bridgehead atoms. The molecule has 1 unspecified atom stereocenters. The van der Waals surface area contributed by atoms with Gasteiger partial charge in [0.25, 0.3) is 0 Å². The van der Waals surface area contributed by atoms with Crippen LogP contribution in [0.4, 0.5) is 0 Å². The summed E-state index contributed by atoms with van der Waals surface area (Å²) in [4.78, 5) is 12.3. The van der Waals surface area contributed by atoms with E-state index in [1.807, 2.05) is 91.0 Å². The first-order valence-electron chi connectivity index (χ1n) is 13.7. The van der Waals surface area contributed by atoms with E-state index in [0.717, 1.165) is 16.7 Å². The normalized spacial score (nSPS) is 23.4. The zero-order valence-corrected chi connectivity index (χ0v) is 22.8. The minimum Gasteiger partial charge on any atom is -0.394 e. The van der Waals surface area contributed by atoms with Crippen LogP contribution in [0.15, 0.2) is 91.0 Å². The number of ether oxygens (including phenoxy) is 4. The van der Waals surface area contributed by atoms with Crippen molar-refractivity contribution >= 4 is 5.91 Å². The van der Waals surface area contributed by atoms with Gasteiger partial charge in [0.1, 0.15) is 18.3 Å². The summed E-state index contributed by atoms with van der Waals surface area (Å²) < 4.78 is 25.6. The van der Waals surface area contributed by atoms with Gasteiger partial charge in [0.2, 0.25) is 5.91 Å². The van der Waals surface area contributed by atoms with Crippen LogP contribution >= 0.6 is 0 Å². The Morgan fingerprint density at radius 3 is 1.80 bits per heavy atom. The average Bonchev–Trinajstić information content (AvgIpc) is 2.98. The third-order valence-corrected chi connectivity index (χ3v) is 6.84. The fraction of sp³-hybridized carbons (Fsp3) is 0.406. The van der Waals surface area contributed by atoms with Crippen LogP contribution in [0, 0.1) is 0 Å². The number of nitrogens with one attached hydrogen (secondary N) is 1. The topological polar surface area (TPSA) is 106 Å². The van der Waals surface area contributed by atoms with E-state index < -0.39 is 43.2 Å². The minimum absolute atomic E-state index is 0.104. The second kappa shape index (κ2) is 15.6. The van der Waals surface area contributed by atoms with Crippen molar-refractivity contribution in [3.8, 4) is 0 Å². The molecule has 0 spiro atoms. The lowest BCUT2D eigenvalue weighted by molar-refractivity contribution is -0.236. The summed E-state index contributed by atoms with van der Waals surface area (Å²) in [6, 6.07) is 28.8. The number of aliphatic hydroxyl groups is 2. The highest BCUT2D eigenvalue weighted by molar-refractivity contribution is 5.73. The molecule has 0 aromatic heterocycles. The number of hydrogen-bond donors (Lipinski definition) is 3. The lowest BCUT2D eigenvalue weighted by atomic mass is 9.89. The number of carbonyl (C=O) groups is 1. The van der Waals surface area contributed by atoms with Gasteiger partial charge in [0.15, 0.2) is 0 Å². The molecule has 4 rings (SSSR count). The Morgan fingerprint density at radius 1 is 0.800 bits per heavy atom. The highest BCUT2D eigenvalue weighted by Gasteiger charge is 2.48. The van der Waals surface area contributed by atoms with E-state index in [1.54, 1.807) is 0 Å². The maximum Gasteiger partial charge on any atom is 0.217 e. The molecule has 8 heteroatoms. The second-order valence-electron chi connectivity index (χ2n) is 10.0. The summed E-state index contributed by atoms with van der Waals surface area (Å²) in [5.74, 6) is -0.258. The molecule has 40 heavy (non-hydrogen) atoms. The van der Waals surface area contributed by atoms with E-state index in [9.17, 15) is 15.0 Å². The Balaban J connectivity index is 1.61. The number of carbonyl (C=O) groups excluding carboxylic acids is 1. The standard InChI is InChI=1S/C32H39NO7/c1-23(35)33-30-28(17-27(36)18-34)40-29(22-37-19-24-11-5-2-6-12-24)31(38-20-25-13-7-3-8-14-25)32(30)39-21-26-15-9-4-10-16-26/h2-16,27-32,34,36H,17-22H2,1H3,(H,33,35)/t27?,28-,29-,30+,31-,32-/m1/s1. The predicted molar refractivity (Wildman–Crippen MR) is 150 cm³/mol. The molecule has 1 fully saturated rings. The maximum absolute atomic E-state index is 12.3.